The van der Waals surface area contributed by atoms with Gasteiger partial charge in [-0.2, -0.15) is 5.26 Å². The van der Waals surface area contributed by atoms with Crippen LogP contribution >= 0.6 is 0 Å². The zero-order valence-electron chi connectivity index (χ0n) is 21.1. The molecule has 0 saturated heterocycles. The van der Waals surface area contributed by atoms with Crippen LogP contribution in [-0.2, 0) is 26.0 Å². The minimum Gasteiger partial charge on any atom is -0.444 e. The van der Waals surface area contributed by atoms with Gasteiger partial charge in [-0.15, -0.1) is 0 Å². The van der Waals surface area contributed by atoms with Crippen molar-refractivity contribution < 1.29 is 27.1 Å². The van der Waals surface area contributed by atoms with Crippen molar-refractivity contribution >= 4 is 27.4 Å². The van der Waals surface area contributed by atoms with Gasteiger partial charge in [0.05, 0.1) is 28.3 Å². The molecule has 1 aromatic carbocycles. The molecular weight excluding hydrogens is 499 g/mol. The van der Waals surface area contributed by atoms with Crippen molar-refractivity contribution in [2.45, 2.75) is 63.2 Å². The summed E-state index contributed by atoms with van der Waals surface area (Å²) in [4.78, 5) is 29.9. The van der Waals surface area contributed by atoms with Crippen molar-refractivity contribution in [2.24, 2.45) is 0 Å². The summed E-state index contributed by atoms with van der Waals surface area (Å²) in [6.45, 7) is 4.26. The Bertz CT molecular complexity index is 1390. The van der Waals surface area contributed by atoms with Gasteiger partial charge in [0.1, 0.15) is 12.3 Å². The number of nitriles is 1. The molecule has 1 aliphatic rings. The quantitative estimate of drug-likeness (QED) is 0.535. The summed E-state index contributed by atoms with van der Waals surface area (Å²) in [6, 6.07) is 7.88. The number of nitrogens with one attached hydrogen (secondary N) is 2. The highest BCUT2D eigenvalue weighted by Crippen LogP contribution is 2.36. The van der Waals surface area contributed by atoms with E-state index in [1.54, 1.807) is 26.8 Å². The van der Waals surface area contributed by atoms with Gasteiger partial charge in [0.15, 0.2) is 15.6 Å². The highest BCUT2D eigenvalue weighted by Gasteiger charge is 2.34. The first kappa shape index (κ1) is 27.8. The van der Waals surface area contributed by atoms with Crippen molar-refractivity contribution in [2.75, 3.05) is 11.6 Å². The average Bonchev–Trinajstić information content (AvgIpc) is 2.81. The van der Waals surface area contributed by atoms with Crippen LogP contribution in [0.2, 0.25) is 0 Å². The number of ether oxygens (including phenoxy) is 1. The van der Waals surface area contributed by atoms with Gasteiger partial charge >= 0.3 is 6.09 Å². The molecule has 1 aliphatic carbocycles. The Morgan fingerprint density at radius 1 is 1.24 bits per heavy atom. The predicted molar refractivity (Wildman–Crippen MR) is 135 cm³/mol. The van der Waals surface area contributed by atoms with Gasteiger partial charge in [-0.1, -0.05) is 6.07 Å². The van der Waals surface area contributed by atoms with E-state index in [2.05, 4.69) is 15.6 Å². The van der Waals surface area contributed by atoms with Gasteiger partial charge in [0.25, 0.3) is 0 Å². The lowest BCUT2D eigenvalue weighted by Gasteiger charge is -2.30. The molecule has 0 radical (unpaired) electrons. The highest BCUT2D eigenvalue weighted by atomic mass is 32.2. The van der Waals surface area contributed by atoms with E-state index in [0.717, 1.165) is 6.26 Å². The SMILES string of the molecule is CC(C)(C)OC(=O)NC(C1=C(Nc2ccnc(CF)c2)CCCC1=O)c1ccc(C#N)cc1S(C)(=O)=O. The second-order valence-electron chi connectivity index (χ2n) is 9.68. The maximum atomic E-state index is 13.3. The maximum absolute atomic E-state index is 13.3. The van der Waals surface area contributed by atoms with Gasteiger partial charge in [0, 0.05) is 35.8 Å². The fourth-order valence-electron chi connectivity index (χ4n) is 4.03. The van der Waals surface area contributed by atoms with E-state index < -0.39 is 34.2 Å². The molecular formula is C26H29FN4O5S. The second kappa shape index (κ2) is 11.1. The Kier molecular flexibility index (Phi) is 8.33. The number of alkyl halides is 1. The molecule has 0 spiro atoms. The Morgan fingerprint density at radius 3 is 2.59 bits per heavy atom. The summed E-state index contributed by atoms with van der Waals surface area (Å²) in [5.41, 5.74) is 0.676. The molecule has 0 aliphatic heterocycles. The van der Waals surface area contributed by atoms with Crippen molar-refractivity contribution in [3.05, 3.63) is 64.6 Å². The van der Waals surface area contributed by atoms with E-state index in [1.807, 2.05) is 6.07 Å². The monoisotopic (exact) mass is 528 g/mol. The molecule has 9 nitrogen and oxygen atoms in total. The number of allylic oxidation sites excluding steroid dienone is 1. The summed E-state index contributed by atoms with van der Waals surface area (Å²) in [7, 11) is -3.87. The summed E-state index contributed by atoms with van der Waals surface area (Å²) in [5, 5.41) is 15.2. The normalized spacial score (nSPS) is 15.1. The molecule has 0 bridgehead atoms. The minimum absolute atomic E-state index is 0.109. The molecule has 3 rings (SSSR count). The highest BCUT2D eigenvalue weighted by molar-refractivity contribution is 7.90. The molecule has 2 aromatic rings. The first-order valence-corrected chi connectivity index (χ1v) is 13.5. The third-order valence-electron chi connectivity index (χ3n) is 5.51. The van der Waals surface area contributed by atoms with E-state index in [1.165, 1.54) is 30.5 Å². The lowest BCUT2D eigenvalue weighted by atomic mass is 9.86. The summed E-state index contributed by atoms with van der Waals surface area (Å²) < 4.78 is 44.1. The Balaban J connectivity index is 2.23. The van der Waals surface area contributed by atoms with E-state index in [-0.39, 0.29) is 39.5 Å². The van der Waals surface area contributed by atoms with Crippen molar-refractivity contribution in [3.63, 3.8) is 0 Å². The van der Waals surface area contributed by atoms with Crippen LogP contribution in [0.1, 0.15) is 62.9 Å². The number of alkyl carbamates (subject to hydrolysis) is 1. The molecule has 11 heteroatoms. The molecule has 0 saturated carbocycles. The van der Waals surface area contributed by atoms with Crippen LogP contribution in [-0.4, -0.2) is 37.1 Å². The largest absolute Gasteiger partial charge is 0.444 e. The van der Waals surface area contributed by atoms with E-state index in [9.17, 15) is 27.7 Å². The van der Waals surface area contributed by atoms with E-state index >= 15 is 0 Å². The van der Waals surface area contributed by atoms with Crippen LogP contribution < -0.4 is 10.6 Å². The molecule has 0 fully saturated rings. The fraction of sp³-hybridized carbons (Fsp3) is 0.385. The topological polar surface area (TPSA) is 138 Å². The molecule has 37 heavy (non-hydrogen) atoms. The van der Waals surface area contributed by atoms with Crippen molar-refractivity contribution in [3.8, 4) is 6.07 Å². The van der Waals surface area contributed by atoms with Crippen molar-refractivity contribution in [1.29, 1.82) is 5.26 Å². The van der Waals surface area contributed by atoms with Crippen LogP contribution in [0.15, 0.2) is 52.7 Å². The van der Waals surface area contributed by atoms with E-state index in [0.29, 0.717) is 24.2 Å². The molecule has 1 amide bonds. The number of halogens is 1. The number of ketones is 1. The number of carbonyl (C=O) groups excluding carboxylic acids is 2. The fourth-order valence-corrected chi connectivity index (χ4v) is 4.98. The molecule has 1 heterocycles. The van der Waals surface area contributed by atoms with Gasteiger partial charge in [-0.25, -0.2) is 17.6 Å². The lowest BCUT2D eigenvalue weighted by molar-refractivity contribution is -0.116. The number of hydrogen-bond donors (Lipinski definition) is 2. The van der Waals surface area contributed by atoms with Crippen LogP contribution in [0.5, 0.6) is 0 Å². The number of anilines is 1. The van der Waals surface area contributed by atoms with Gasteiger partial charge in [-0.05, 0) is 63.4 Å². The second-order valence-corrected chi connectivity index (χ2v) is 11.7. The lowest BCUT2D eigenvalue weighted by Crippen LogP contribution is -2.38. The van der Waals surface area contributed by atoms with Crippen LogP contribution in [0, 0.1) is 11.3 Å². The number of carbonyl (C=O) groups is 2. The number of benzene rings is 1. The third-order valence-corrected chi connectivity index (χ3v) is 6.66. The molecule has 1 atom stereocenters. The zero-order valence-corrected chi connectivity index (χ0v) is 21.9. The molecule has 1 unspecified atom stereocenters. The number of nitrogens with zero attached hydrogens (tertiary/aromatic N) is 2. The average molecular weight is 529 g/mol. The van der Waals surface area contributed by atoms with Gasteiger partial charge < -0.3 is 15.4 Å². The Hall–Kier alpha value is -3.78. The minimum atomic E-state index is -3.87. The Morgan fingerprint density at radius 2 is 1.97 bits per heavy atom. The molecule has 196 valence electrons. The first-order valence-electron chi connectivity index (χ1n) is 11.6. The molecule has 1 aromatic heterocycles. The summed E-state index contributed by atoms with van der Waals surface area (Å²) in [6.07, 6.45) is 2.70. The number of aromatic nitrogens is 1. The number of Topliss-reactive ketones (excluding diaryl/α,β-unsaturated/α-hetero) is 1. The maximum Gasteiger partial charge on any atom is 0.408 e. The van der Waals surface area contributed by atoms with Crippen LogP contribution in [0.25, 0.3) is 0 Å². The smallest absolute Gasteiger partial charge is 0.408 e. The number of pyridine rings is 1. The third kappa shape index (κ3) is 7.13. The van der Waals surface area contributed by atoms with Crippen LogP contribution in [0.3, 0.4) is 0 Å². The predicted octanol–water partition coefficient (Wildman–Crippen LogP) is 4.51. The van der Waals surface area contributed by atoms with Crippen molar-refractivity contribution in [1.82, 2.24) is 10.3 Å². The molecule has 2 N–H and O–H groups in total. The number of rotatable bonds is 7. The number of hydrogen-bond acceptors (Lipinski definition) is 8. The number of amides is 1. The summed E-state index contributed by atoms with van der Waals surface area (Å²) in [5.74, 6) is -0.293. The van der Waals surface area contributed by atoms with Crippen LogP contribution in [0.4, 0.5) is 14.9 Å². The van der Waals surface area contributed by atoms with E-state index in [4.69, 9.17) is 4.74 Å². The first-order chi connectivity index (χ1) is 17.3. The number of sulfone groups is 1. The standard InChI is InChI=1S/C26H29FN4O5S/c1-26(2,3)36-25(33)31-24(19-9-8-16(15-28)12-22(19)37(4,34)35)23-20(6-5-7-21(23)32)30-17-10-11-29-18(13-17)14-27/h8-13,24H,5-7,14H2,1-4H3,(H,29,30)(H,31,33). The Labute approximate surface area is 215 Å². The van der Waals surface area contributed by atoms with Gasteiger partial charge in [0.2, 0.25) is 0 Å². The van der Waals surface area contributed by atoms with Gasteiger partial charge in [-0.3, -0.25) is 9.78 Å². The summed E-state index contributed by atoms with van der Waals surface area (Å²) >= 11 is 0. The zero-order chi connectivity index (χ0) is 27.4.